The third-order valence-electron chi connectivity index (χ3n) is 2.41. The summed E-state index contributed by atoms with van der Waals surface area (Å²) in [5, 5.41) is 19.0. The number of ether oxygens (including phenoxy) is 2. The fourth-order valence-corrected chi connectivity index (χ4v) is 1.56. The summed E-state index contributed by atoms with van der Waals surface area (Å²) in [7, 11) is 0. The molecule has 2 fully saturated rings. The average molecular weight is 161 g/mol. The molecule has 0 aliphatic carbocycles. The number of aliphatic hydroxyl groups excluding tert-OH is 1. The van der Waals surface area contributed by atoms with Crippen molar-refractivity contribution in [1.29, 1.82) is 0 Å². The predicted octanol–water partition coefficient (Wildman–Crippen LogP) is -1.86. The quantitative estimate of drug-likeness (QED) is 0.388. The zero-order valence-electron chi connectivity index (χ0n) is 5.99. The van der Waals surface area contributed by atoms with Crippen molar-refractivity contribution in [3.63, 3.8) is 0 Å². The van der Waals surface area contributed by atoms with Gasteiger partial charge in [-0.05, 0) is 0 Å². The number of hydrogen-bond donors (Lipinski definition) is 3. The first-order valence-corrected chi connectivity index (χ1v) is 3.56. The highest BCUT2D eigenvalue weighted by Gasteiger charge is 2.63. The minimum absolute atomic E-state index is 0.0347. The van der Waals surface area contributed by atoms with E-state index in [1.807, 2.05) is 0 Å². The molecule has 5 nitrogen and oxygen atoms in total. The van der Waals surface area contributed by atoms with Crippen LogP contribution >= 0.6 is 0 Å². The summed E-state index contributed by atoms with van der Waals surface area (Å²) in [5.74, 6) is -1.48. The number of nitrogens with two attached hydrogens (primary N) is 1. The Morgan fingerprint density at radius 3 is 2.82 bits per heavy atom. The van der Waals surface area contributed by atoms with Gasteiger partial charge < -0.3 is 19.7 Å². The number of hydrogen-bond acceptors (Lipinski definition) is 5. The summed E-state index contributed by atoms with van der Waals surface area (Å²) in [6.07, 6.45) is -0.611. The van der Waals surface area contributed by atoms with Gasteiger partial charge in [-0.15, -0.1) is 0 Å². The fraction of sp³-hybridized carbons (Fsp3) is 1.00. The second-order valence-electron chi connectivity index (χ2n) is 3.02. The zero-order chi connectivity index (χ0) is 8.11. The summed E-state index contributed by atoms with van der Waals surface area (Å²) in [5.41, 5.74) is 4.12. The lowest BCUT2D eigenvalue weighted by atomic mass is 9.94. The molecule has 4 N–H and O–H groups in total. The Morgan fingerprint density at radius 1 is 1.45 bits per heavy atom. The standard InChI is InChI=1S/C6H11NO4/c7-6-5(9,1-2-10-6)4(8)3-11-6/h4,8-9H,1-3,7H2. The van der Waals surface area contributed by atoms with Crippen molar-refractivity contribution in [2.45, 2.75) is 24.0 Å². The molecule has 11 heavy (non-hydrogen) atoms. The lowest BCUT2D eigenvalue weighted by Crippen LogP contribution is -2.58. The Labute approximate surface area is 63.7 Å². The van der Waals surface area contributed by atoms with Gasteiger partial charge in [0.05, 0.1) is 13.2 Å². The van der Waals surface area contributed by atoms with Gasteiger partial charge >= 0.3 is 0 Å². The first kappa shape index (κ1) is 7.45. The molecule has 2 aliphatic rings. The predicted molar refractivity (Wildman–Crippen MR) is 34.4 cm³/mol. The molecule has 0 saturated carbocycles. The molecule has 0 amide bonds. The summed E-state index contributed by atoms with van der Waals surface area (Å²) < 4.78 is 9.92. The number of aliphatic hydroxyl groups is 2. The van der Waals surface area contributed by atoms with E-state index in [9.17, 15) is 10.2 Å². The van der Waals surface area contributed by atoms with Crippen LogP contribution in [0.3, 0.4) is 0 Å². The van der Waals surface area contributed by atoms with E-state index in [-0.39, 0.29) is 6.61 Å². The summed E-state index contributed by atoms with van der Waals surface area (Å²) >= 11 is 0. The molecule has 3 unspecified atom stereocenters. The van der Waals surface area contributed by atoms with E-state index < -0.39 is 17.6 Å². The maximum Gasteiger partial charge on any atom is 0.258 e. The van der Waals surface area contributed by atoms with Crippen LogP contribution in [0.1, 0.15) is 6.42 Å². The second-order valence-corrected chi connectivity index (χ2v) is 3.02. The van der Waals surface area contributed by atoms with Crippen LogP contribution in [0.4, 0.5) is 0 Å². The third-order valence-corrected chi connectivity index (χ3v) is 2.41. The maximum atomic E-state index is 9.73. The average Bonchev–Trinajstić information content (AvgIpc) is 2.34. The molecule has 3 atom stereocenters. The molecule has 2 saturated heterocycles. The topological polar surface area (TPSA) is 84.9 Å². The van der Waals surface area contributed by atoms with E-state index in [2.05, 4.69) is 0 Å². The van der Waals surface area contributed by atoms with Crippen LogP contribution in [-0.2, 0) is 9.47 Å². The van der Waals surface area contributed by atoms with Crippen molar-refractivity contribution in [2.24, 2.45) is 5.73 Å². The summed E-state index contributed by atoms with van der Waals surface area (Å²) in [4.78, 5) is 0. The highest BCUT2D eigenvalue weighted by molar-refractivity contribution is 5.05. The fourth-order valence-electron chi connectivity index (χ4n) is 1.56. The molecular weight excluding hydrogens is 150 g/mol. The minimum atomic E-state index is -1.48. The largest absolute Gasteiger partial charge is 0.387 e. The highest BCUT2D eigenvalue weighted by atomic mass is 16.7. The molecule has 0 aromatic rings. The first-order valence-electron chi connectivity index (χ1n) is 3.56. The Kier molecular flexibility index (Phi) is 1.31. The molecule has 0 aromatic carbocycles. The molecule has 0 aromatic heterocycles. The van der Waals surface area contributed by atoms with E-state index in [4.69, 9.17) is 15.2 Å². The van der Waals surface area contributed by atoms with Crippen LogP contribution in [0.2, 0.25) is 0 Å². The molecule has 2 aliphatic heterocycles. The van der Waals surface area contributed by atoms with Crippen LogP contribution < -0.4 is 5.73 Å². The third kappa shape index (κ3) is 0.719. The molecule has 0 radical (unpaired) electrons. The van der Waals surface area contributed by atoms with E-state index in [0.717, 1.165) is 0 Å². The van der Waals surface area contributed by atoms with Crippen LogP contribution in [-0.4, -0.2) is 41.0 Å². The monoisotopic (exact) mass is 161 g/mol. The van der Waals surface area contributed by atoms with Crippen LogP contribution in [0.5, 0.6) is 0 Å². The van der Waals surface area contributed by atoms with Gasteiger partial charge in [-0.2, -0.15) is 0 Å². The lowest BCUT2D eigenvalue weighted by molar-refractivity contribution is -0.237. The van der Waals surface area contributed by atoms with E-state index >= 15 is 0 Å². The molecule has 5 heteroatoms. The van der Waals surface area contributed by atoms with Crippen molar-refractivity contribution < 1.29 is 19.7 Å². The zero-order valence-corrected chi connectivity index (χ0v) is 5.99. The van der Waals surface area contributed by atoms with Crippen molar-refractivity contribution in [2.75, 3.05) is 13.2 Å². The SMILES string of the molecule is NC12OCCC1(O)C(O)CO2. The van der Waals surface area contributed by atoms with Gasteiger partial charge in [0.1, 0.15) is 6.10 Å². The lowest BCUT2D eigenvalue weighted by Gasteiger charge is -2.29. The smallest absolute Gasteiger partial charge is 0.258 e. The molecular formula is C6H11NO4. The van der Waals surface area contributed by atoms with Gasteiger partial charge in [-0.25, -0.2) is 0 Å². The van der Waals surface area contributed by atoms with Gasteiger partial charge in [0, 0.05) is 6.42 Å². The molecule has 64 valence electrons. The molecule has 2 rings (SSSR count). The van der Waals surface area contributed by atoms with E-state index in [0.29, 0.717) is 13.0 Å². The van der Waals surface area contributed by atoms with Crippen LogP contribution in [0.15, 0.2) is 0 Å². The van der Waals surface area contributed by atoms with Gasteiger partial charge in [0.15, 0.2) is 5.60 Å². The maximum absolute atomic E-state index is 9.73. The first-order chi connectivity index (χ1) is 5.08. The Morgan fingerprint density at radius 2 is 2.18 bits per heavy atom. The second kappa shape index (κ2) is 1.94. The van der Waals surface area contributed by atoms with Gasteiger partial charge in [-0.1, -0.05) is 0 Å². The Bertz CT molecular complexity index is 187. The van der Waals surface area contributed by atoms with Crippen molar-refractivity contribution in [1.82, 2.24) is 0 Å². The summed E-state index contributed by atoms with van der Waals surface area (Å²) in [6, 6.07) is 0. The minimum Gasteiger partial charge on any atom is -0.387 e. The molecule has 2 heterocycles. The van der Waals surface area contributed by atoms with Crippen molar-refractivity contribution in [3.8, 4) is 0 Å². The van der Waals surface area contributed by atoms with E-state index in [1.54, 1.807) is 0 Å². The number of fused-ring (bicyclic) bond motifs is 1. The van der Waals surface area contributed by atoms with Gasteiger partial charge in [0.2, 0.25) is 0 Å². The highest BCUT2D eigenvalue weighted by Crippen LogP contribution is 2.40. The van der Waals surface area contributed by atoms with Crippen molar-refractivity contribution >= 4 is 0 Å². The van der Waals surface area contributed by atoms with E-state index in [1.165, 1.54) is 0 Å². The van der Waals surface area contributed by atoms with Gasteiger partial charge in [0.25, 0.3) is 5.91 Å². The van der Waals surface area contributed by atoms with Crippen LogP contribution in [0, 0.1) is 0 Å². The molecule has 0 spiro atoms. The normalized spacial score (nSPS) is 56.5. The van der Waals surface area contributed by atoms with Gasteiger partial charge in [-0.3, -0.25) is 5.73 Å². The summed E-state index contributed by atoms with van der Waals surface area (Å²) in [6.45, 7) is 0.358. The Hall–Kier alpha value is -0.200. The van der Waals surface area contributed by atoms with Crippen LogP contribution in [0.25, 0.3) is 0 Å². The van der Waals surface area contributed by atoms with Crippen molar-refractivity contribution in [3.05, 3.63) is 0 Å². The molecule has 0 bridgehead atoms. The Balaban J connectivity index is 2.33. The number of rotatable bonds is 0.